The number of carbonyl (C=O) groups excluding carboxylic acids is 1. The van der Waals surface area contributed by atoms with Gasteiger partial charge in [0.15, 0.2) is 0 Å². The summed E-state index contributed by atoms with van der Waals surface area (Å²) >= 11 is 0. The lowest BCUT2D eigenvalue weighted by atomic mass is 10.0. The second-order valence-corrected chi connectivity index (χ2v) is 5.02. The summed E-state index contributed by atoms with van der Waals surface area (Å²) in [4.78, 5) is 12.4. The summed E-state index contributed by atoms with van der Waals surface area (Å²) in [5.41, 5.74) is 0.347. The molecule has 112 valence electrons. The maximum Gasteiger partial charge on any atom is 0.259 e. The van der Waals surface area contributed by atoms with E-state index in [1.807, 2.05) is 13.8 Å². The number of rotatable bonds is 7. The van der Waals surface area contributed by atoms with E-state index in [0.717, 1.165) is 0 Å². The van der Waals surface area contributed by atoms with Gasteiger partial charge in [-0.1, -0.05) is 19.9 Å². The SMILES string of the molecule is COc1cccc(OC)c1C(=O)NC(CO)CC(C)C. The second kappa shape index (κ2) is 7.75. The predicted octanol–water partition coefficient (Wildman–Crippen LogP) is 1.84. The van der Waals surface area contributed by atoms with Gasteiger partial charge < -0.3 is 19.9 Å². The van der Waals surface area contributed by atoms with Gasteiger partial charge >= 0.3 is 0 Å². The molecule has 0 aliphatic heterocycles. The molecule has 0 saturated carbocycles. The first-order chi connectivity index (χ1) is 9.53. The van der Waals surface area contributed by atoms with Crippen molar-refractivity contribution in [3.63, 3.8) is 0 Å². The quantitative estimate of drug-likeness (QED) is 0.800. The Morgan fingerprint density at radius 1 is 1.25 bits per heavy atom. The van der Waals surface area contributed by atoms with Gasteiger partial charge in [-0.15, -0.1) is 0 Å². The Balaban J connectivity index is 2.96. The van der Waals surface area contributed by atoms with E-state index in [9.17, 15) is 9.90 Å². The van der Waals surface area contributed by atoms with Crippen LogP contribution in [0.5, 0.6) is 11.5 Å². The molecule has 0 aliphatic rings. The van der Waals surface area contributed by atoms with E-state index < -0.39 is 0 Å². The van der Waals surface area contributed by atoms with Crippen molar-refractivity contribution in [2.24, 2.45) is 5.92 Å². The van der Waals surface area contributed by atoms with E-state index >= 15 is 0 Å². The standard InChI is InChI=1S/C15H23NO4/c1-10(2)8-11(9-17)16-15(18)14-12(19-3)6-5-7-13(14)20-4/h5-7,10-11,17H,8-9H2,1-4H3,(H,16,18). The normalized spacial score (nSPS) is 12.1. The smallest absolute Gasteiger partial charge is 0.259 e. The van der Waals surface area contributed by atoms with Crippen molar-refractivity contribution in [2.75, 3.05) is 20.8 Å². The second-order valence-electron chi connectivity index (χ2n) is 5.02. The van der Waals surface area contributed by atoms with Crippen LogP contribution in [0.1, 0.15) is 30.6 Å². The molecule has 5 nitrogen and oxygen atoms in total. The number of aliphatic hydroxyl groups excluding tert-OH is 1. The molecule has 2 N–H and O–H groups in total. The zero-order valence-electron chi connectivity index (χ0n) is 12.5. The van der Waals surface area contributed by atoms with Crippen molar-refractivity contribution < 1.29 is 19.4 Å². The van der Waals surface area contributed by atoms with Crippen molar-refractivity contribution in [1.29, 1.82) is 0 Å². The molecule has 0 fully saturated rings. The molecule has 20 heavy (non-hydrogen) atoms. The maximum atomic E-state index is 12.4. The zero-order valence-corrected chi connectivity index (χ0v) is 12.5. The minimum Gasteiger partial charge on any atom is -0.496 e. The van der Waals surface area contributed by atoms with Gasteiger partial charge in [0.1, 0.15) is 17.1 Å². The third-order valence-corrected chi connectivity index (χ3v) is 2.97. The lowest BCUT2D eigenvalue weighted by Gasteiger charge is -2.20. The van der Waals surface area contributed by atoms with E-state index in [-0.39, 0.29) is 18.6 Å². The van der Waals surface area contributed by atoms with Crippen LogP contribution in [0.3, 0.4) is 0 Å². The van der Waals surface area contributed by atoms with Crippen molar-refractivity contribution >= 4 is 5.91 Å². The van der Waals surface area contributed by atoms with Crippen LogP contribution in [0.4, 0.5) is 0 Å². The summed E-state index contributed by atoms with van der Waals surface area (Å²) in [6.45, 7) is 3.98. The maximum absolute atomic E-state index is 12.4. The van der Waals surface area contributed by atoms with Gasteiger partial charge in [0.05, 0.1) is 26.9 Å². The van der Waals surface area contributed by atoms with E-state index in [1.54, 1.807) is 18.2 Å². The fourth-order valence-electron chi connectivity index (χ4n) is 2.08. The molecule has 1 atom stereocenters. The Morgan fingerprint density at radius 2 is 1.80 bits per heavy atom. The largest absolute Gasteiger partial charge is 0.496 e. The average molecular weight is 281 g/mol. The Labute approximate surface area is 119 Å². The summed E-state index contributed by atoms with van der Waals surface area (Å²) in [5, 5.41) is 12.2. The van der Waals surface area contributed by atoms with Crippen molar-refractivity contribution in [2.45, 2.75) is 26.3 Å². The summed E-state index contributed by atoms with van der Waals surface area (Å²) in [6, 6.07) is 4.88. The number of benzene rings is 1. The number of hydrogen-bond acceptors (Lipinski definition) is 4. The Hall–Kier alpha value is -1.75. The van der Waals surface area contributed by atoms with E-state index in [1.165, 1.54) is 14.2 Å². The zero-order chi connectivity index (χ0) is 15.1. The van der Waals surface area contributed by atoms with Crippen molar-refractivity contribution in [3.8, 4) is 11.5 Å². The summed E-state index contributed by atoms with van der Waals surface area (Å²) < 4.78 is 10.4. The number of carbonyl (C=O) groups is 1. The number of amides is 1. The van der Waals surface area contributed by atoms with Gasteiger partial charge in [0, 0.05) is 0 Å². The molecule has 1 rings (SSSR count). The fourth-order valence-corrected chi connectivity index (χ4v) is 2.08. The van der Waals surface area contributed by atoms with E-state index in [4.69, 9.17) is 9.47 Å². The molecule has 0 bridgehead atoms. The Kier molecular flexibility index (Phi) is 6.31. The van der Waals surface area contributed by atoms with Crippen LogP contribution >= 0.6 is 0 Å². The number of nitrogens with one attached hydrogen (secondary N) is 1. The van der Waals surface area contributed by atoms with Crippen LogP contribution < -0.4 is 14.8 Å². The molecule has 1 unspecified atom stereocenters. The minimum atomic E-state index is -0.306. The Morgan fingerprint density at radius 3 is 2.20 bits per heavy atom. The number of ether oxygens (including phenoxy) is 2. The van der Waals surface area contributed by atoms with Crippen LogP contribution in [0.2, 0.25) is 0 Å². The van der Waals surface area contributed by atoms with Crippen LogP contribution in [0.15, 0.2) is 18.2 Å². The summed E-state index contributed by atoms with van der Waals surface area (Å²) in [7, 11) is 3.01. The predicted molar refractivity (Wildman–Crippen MR) is 77.3 cm³/mol. The molecule has 1 amide bonds. The first-order valence-corrected chi connectivity index (χ1v) is 6.66. The number of aliphatic hydroxyl groups is 1. The monoisotopic (exact) mass is 281 g/mol. The van der Waals surface area contributed by atoms with Crippen LogP contribution in [-0.2, 0) is 0 Å². The highest BCUT2D eigenvalue weighted by atomic mass is 16.5. The molecular formula is C15H23NO4. The van der Waals surface area contributed by atoms with Crippen molar-refractivity contribution in [3.05, 3.63) is 23.8 Å². The molecule has 0 heterocycles. The van der Waals surface area contributed by atoms with E-state index in [2.05, 4.69) is 5.32 Å². The minimum absolute atomic E-state index is 0.0958. The Bertz CT molecular complexity index is 423. The first kappa shape index (κ1) is 16.3. The summed E-state index contributed by atoms with van der Waals surface area (Å²) in [6.07, 6.45) is 0.708. The molecule has 1 aromatic carbocycles. The molecule has 0 aliphatic carbocycles. The van der Waals surface area contributed by atoms with Gasteiger partial charge in [-0.2, -0.15) is 0 Å². The van der Waals surface area contributed by atoms with Gasteiger partial charge in [0.25, 0.3) is 5.91 Å². The lowest BCUT2D eigenvalue weighted by Crippen LogP contribution is -2.38. The molecule has 0 saturated heterocycles. The van der Waals surface area contributed by atoms with Gasteiger partial charge in [-0.05, 0) is 24.5 Å². The fraction of sp³-hybridized carbons (Fsp3) is 0.533. The highest BCUT2D eigenvalue weighted by molar-refractivity contribution is 5.99. The molecule has 0 aromatic heterocycles. The summed E-state index contributed by atoms with van der Waals surface area (Å²) in [5.74, 6) is 0.970. The molecular weight excluding hydrogens is 258 g/mol. The number of hydrogen-bond donors (Lipinski definition) is 2. The molecule has 1 aromatic rings. The number of methoxy groups -OCH3 is 2. The van der Waals surface area contributed by atoms with E-state index in [0.29, 0.717) is 29.4 Å². The first-order valence-electron chi connectivity index (χ1n) is 6.66. The van der Waals surface area contributed by atoms with Crippen LogP contribution in [-0.4, -0.2) is 37.9 Å². The highest BCUT2D eigenvalue weighted by Gasteiger charge is 2.21. The van der Waals surface area contributed by atoms with Crippen LogP contribution in [0, 0.1) is 5.92 Å². The van der Waals surface area contributed by atoms with Crippen molar-refractivity contribution in [1.82, 2.24) is 5.32 Å². The molecule has 5 heteroatoms. The molecule has 0 spiro atoms. The lowest BCUT2D eigenvalue weighted by molar-refractivity contribution is 0.0902. The third kappa shape index (κ3) is 4.13. The topological polar surface area (TPSA) is 67.8 Å². The van der Waals surface area contributed by atoms with Gasteiger partial charge in [0.2, 0.25) is 0 Å². The van der Waals surface area contributed by atoms with Gasteiger partial charge in [-0.3, -0.25) is 4.79 Å². The molecule has 0 radical (unpaired) electrons. The average Bonchev–Trinajstić information content (AvgIpc) is 2.44. The van der Waals surface area contributed by atoms with Crippen LogP contribution in [0.25, 0.3) is 0 Å². The highest BCUT2D eigenvalue weighted by Crippen LogP contribution is 2.28. The third-order valence-electron chi connectivity index (χ3n) is 2.97. The van der Waals surface area contributed by atoms with Gasteiger partial charge in [-0.25, -0.2) is 0 Å².